The van der Waals surface area contributed by atoms with E-state index < -0.39 is 5.97 Å². The summed E-state index contributed by atoms with van der Waals surface area (Å²) >= 11 is 6.09. The third-order valence-corrected chi connectivity index (χ3v) is 5.40. The second kappa shape index (κ2) is 5.58. The molecule has 0 aromatic heterocycles. The van der Waals surface area contributed by atoms with Crippen molar-refractivity contribution in [2.75, 3.05) is 0 Å². The lowest BCUT2D eigenvalue weighted by Gasteiger charge is -2.32. The maximum atomic E-state index is 13.1. The van der Waals surface area contributed by atoms with Crippen molar-refractivity contribution in [3.05, 3.63) is 34.6 Å². The lowest BCUT2D eigenvalue weighted by atomic mass is 9.84. The van der Waals surface area contributed by atoms with E-state index in [2.05, 4.69) is 5.32 Å². The van der Waals surface area contributed by atoms with Gasteiger partial charge < -0.3 is 10.4 Å². The summed E-state index contributed by atoms with van der Waals surface area (Å²) in [5, 5.41) is 13.3. The molecule has 21 heavy (non-hydrogen) atoms. The number of benzene rings is 1. The van der Waals surface area contributed by atoms with Gasteiger partial charge in [0, 0.05) is 17.1 Å². The van der Waals surface area contributed by atoms with Crippen LogP contribution >= 0.6 is 11.6 Å². The summed E-state index contributed by atoms with van der Waals surface area (Å²) in [7, 11) is 0. The van der Waals surface area contributed by atoms with Crippen molar-refractivity contribution in [1.82, 2.24) is 5.32 Å². The quantitative estimate of drug-likeness (QED) is 0.892. The summed E-state index contributed by atoms with van der Waals surface area (Å²) in [6.45, 7) is 1.95. The maximum absolute atomic E-state index is 13.1. The first-order valence-electron chi connectivity index (χ1n) is 7.41. The van der Waals surface area contributed by atoms with E-state index in [0.717, 1.165) is 24.8 Å². The second-order valence-electron chi connectivity index (χ2n) is 6.28. The Kier molecular flexibility index (Phi) is 3.93. The van der Waals surface area contributed by atoms with Crippen LogP contribution in [0.3, 0.4) is 0 Å². The molecule has 5 unspecified atom stereocenters. The zero-order chi connectivity index (χ0) is 15.1. The van der Waals surface area contributed by atoms with Crippen LogP contribution < -0.4 is 5.32 Å². The summed E-state index contributed by atoms with van der Waals surface area (Å²) in [6, 6.07) is 4.24. The standard InChI is InChI=1S/C16H19ClFNO2/c1-8(12-5-4-11(18)7-13(12)17)19-15-10-3-2-9(6-10)14(15)16(20)21/h4-5,7-10,14-15,19H,2-3,6H2,1H3,(H,20,21). The zero-order valence-corrected chi connectivity index (χ0v) is 12.6. The minimum Gasteiger partial charge on any atom is -0.481 e. The Labute approximate surface area is 128 Å². The predicted octanol–water partition coefficient (Wildman–Crippen LogP) is 3.63. The number of carboxylic acids is 1. The van der Waals surface area contributed by atoms with Gasteiger partial charge in [0.15, 0.2) is 0 Å². The summed E-state index contributed by atoms with van der Waals surface area (Å²) in [6.07, 6.45) is 3.11. The first-order valence-corrected chi connectivity index (χ1v) is 7.79. The first-order chi connectivity index (χ1) is 9.97. The Morgan fingerprint density at radius 3 is 2.81 bits per heavy atom. The smallest absolute Gasteiger partial charge is 0.308 e. The summed E-state index contributed by atoms with van der Waals surface area (Å²) < 4.78 is 13.1. The van der Waals surface area contributed by atoms with Crippen molar-refractivity contribution >= 4 is 17.6 Å². The van der Waals surface area contributed by atoms with E-state index in [1.807, 2.05) is 6.92 Å². The van der Waals surface area contributed by atoms with E-state index in [9.17, 15) is 14.3 Å². The highest BCUT2D eigenvalue weighted by atomic mass is 35.5. The summed E-state index contributed by atoms with van der Waals surface area (Å²) in [4.78, 5) is 11.5. The zero-order valence-electron chi connectivity index (χ0n) is 11.9. The van der Waals surface area contributed by atoms with Crippen LogP contribution in [0.5, 0.6) is 0 Å². The highest BCUT2D eigenvalue weighted by Gasteiger charge is 2.51. The van der Waals surface area contributed by atoms with Crippen molar-refractivity contribution in [2.24, 2.45) is 17.8 Å². The Hall–Kier alpha value is -1.13. The maximum Gasteiger partial charge on any atom is 0.308 e. The van der Waals surface area contributed by atoms with E-state index >= 15 is 0 Å². The van der Waals surface area contributed by atoms with Gasteiger partial charge in [0.2, 0.25) is 0 Å². The van der Waals surface area contributed by atoms with Crippen LogP contribution in [0.15, 0.2) is 18.2 Å². The molecular weight excluding hydrogens is 293 g/mol. The molecule has 2 aliphatic rings. The van der Waals surface area contributed by atoms with E-state index in [-0.39, 0.29) is 23.8 Å². The van der Waals surface area contributed by atoms with Crippen molar-refractivity contribution in [3.63, 3.8) is 0 Å². The highest BCUT2D eigenvalue weighted by Crippen LogP contribution is 2.49. The molecular formula is C16H19ClFNO2. The second-order valence-corrected chi connectivity index (χ2v) is 6.68. The minimum absolute atomic E-state index is 0.0163. The summed E-state index contributed by atoms with van der Waals surface area (Å²) in [5.74, 6) is -0.666. The Bertz CT molecular complexity index is 565. The van der Waals surface area contributed by atoms with Gasteiger partial charge in [-0.25, -0.2) is 4.39 Å². The number of aliphatic carboxylic acids is 1. The number of carbonyl (C=O) groups is 1. The number of fused-ring (bicyclic) bond motifs is 2. The van der Waals surface area contributed by atoms with Crippen LogP contribution in [0.2, 0.25) is 5.02 Å². The molecule has 0 spiro atoms. The SMILES string of the molecule is CC(NC1C2CCC(C2)C1C(=O)O)c1ccc(F)cc1Cl. The van der Waals surface area contributed by atoms with E-state index in [4.69, 9.17) is 11.6 Å². The summed E-state index contributed by atoms with van der Waals surface area (Å²) in [5.41, 5.74) is 0.810. The third kappa shape index (κ3) is 2.67. The topological polar surface area (TPSA) is 49.3 Å². The minimum atomic E-state index is -0.711. The molecule has 0 amide bonds. The Morgan fingerprint density at radius 1 is 1.43 bits per heavy atom. The van der Waals surface area contributed by atoms with Gasteiger partial charge in [-0.2, -0.15) is 0 Å². The van der Waals surface area contributed by atoms with Crippen LogP contribution in [0.25, 0.3) is 0 Å². The average Bonchev–Trinajstić information content (AvgIpc) is 2.98. The van der Waals surface area contributed by atoms with Gasteiger partial charge in [0.1, 0.15) is 5.82 Å². The fraction of sp³-hybridized carbons (Fsp3) is 0.562. The van der Waals surface area contributed by atoms with Crippen molar-refractivity contribution in [3.8, 4) is 0 Å². The van der Waals surface area contributed by atoms with Crippen LogP contribution in [0, 0.1) is 23.6 Å². The molecule has 0 radical (unpaired) electrons. The largest absolute Gasteiger partial charge is 0.481 e. The number of hydrogen-bond donors (Lipinski definition) is 2. The third-order valence-electron chi connectivity index (χ3n) is 5.07. The van der Waals surface area contributed by atoms with E-state index in [1.165, 1.54) is 12.1 Å². The molecule has 0 heterocycles. The lowest BCUT2D eigenvalue weighted by molar-refractivity contribution is -0.144. The number of hydrogen-bond acceptors (Lipinski definition) is 2. The van der Waals surface area contributed by atoms with E-state index in [1.54, 1.807) is 6.07 Å². The molecule has 1 aromatic carbocycles. The fourth-order valence-electron chi connectivity index (χ4n) is 4.12. The molecule has 2 bridgehead atoms. The monoisotopic (exact) mass is 311 g/mol. The van der Waals surface area contributed by atoms with Crippen molar-refractivity contribution in [2.45, 2.75) is 38.3 Å². The van der Waals surface area contributed by atoms with Crippen LogP contribution in [0.1, 0.15) is 37.8 Å². The van der Waals surface area contributed by atoms with Gasteiger partial charge in [-0.3, -0.25) is 4.79 Å². The van der Waals surface area contributed by atoms with Gasteiger partial charge in [-0.05, 0) is 55.7 Å². The van der Waals surface area contributed by atoms with Crippen LogP contribution in [0.4, 0.5) is 4.39 Å². The molecule has 114 valence electrons. The number of rotatable bonds is 4. The van der Waals surface area contributed by atoms with Gasteiger partial charge in [-0.15, -0.1) is 0 Å². The number of halogens is 2. The number of nitrogens with one attached hydrogen (secondary N) is 1. The molecule has 5 atom stereocenters. The molecule has 5 heteroatoms. The van der Waals surface area contributed by atoms with E-state index in [0.29, 0.717) is 16.9 Å². The highest BCUT2D eigenvalue weighted by molar-refractivity contribution is 6.31. The van der Waals surface area contributed by atoms with Crippen LogP contribution in [-0.2, 0) is 4.79 Å². The molecule has 0 aliphatic heterocycles. The molecule has 2 aliphatic carbocycles. The Balaban J connectivity index is 1.77. The molecule has 0 saturated heterocycles. The van der Waals surface area contributed by atoms with Crippen molar-refractivity contribution in [1.29, 1.82) is 0 Å². The van der Waals surface area contributed by atoms with Gasteiger partial charge >= 0.3 is 5.97 Å². The van der Waals surface area contributed by atoms with Gasteiger partial charge in [0.05, 0.1) is 5.92 Å². The molecule has 2 fully saturated rings. The predicted molar refractivity (Wildman–Crippen MR) is 78.7 cm³/mol. The van der Waals surface area contributed by atoms with Crippen molar-refractivity contribution < 1.29 is 14.3 Å². The number of carboxylic acid groups (broad SMARTS) is 1. The normalized spacial score (nSPS) is 32.3. The molecule has 2 N–H and O–H groups in total. The Morgan fingerprint density at radius 2 is 2.14 bits per heavy atom. The lowest BCUT2D eigenvalue weighted by Crippen LogP contribution is -2.45. The fourth-order valence-corrected chi connectivity index (χ4v) is 4.45. The van der Waals surface area contributed by atoms with Gasteiger partial charge in [-0.1, -0.05) is 17.7 Å². The molecule has 3 rings (SSSR count). The van der Waals surface area contributed by atoms with Gasteiger partial charge in [0.25, 0.3) is 0 Å². The average molecular weight is 312 g/mol. The molecule has 1 aromatic rings. The molecule has 3 nitrogen and oxygen atoms in total. The first kappa shape index (κ1) is 14.8. The molecule has 2 saturated carbocycles. The van der Waals surface area contributed by atoms with Crippen LogP contribution in [-0.4, -0.2) is 17.1 Å².